The fourth-order valence-electron chi connectivity index (χ4n) is 4.62. The number of aliphatic hydroxyl groups excluding tert-OH is 1. The van der Waals surface area contributed by atoms with Crippen LogP contribution in [0.2, 0.25) is 0 Å². The summed E-state index contributed by atoms with van der Waals surface area (Å²) in [5.41, 5.74) is 3.82. The van der Waals surface area contributed by atoms with Crippen molar-refractivity contribution in [2.75, 3.05) is 0 Å². The van der Waals surface area contributed by atoms with Crippen molar-refractivity contribution in [3.63, 3.8) is 0 Å². The molecule has 180 valence electrons. The highest BCUT2D eigenvalue weighted by Gasteiger charge is 2.32. The van der Waals surface area contributed by atoms with E-state index < -0.39 is 24.0 Å². The summed E-state index contributed by atoms with van der Waals surface area (Å²) in [6, 6.07) is 19.6. The summed E-state index contributed by atoms with van der Waals surface area (Å²) in [6.07, 6.45) is -0.228. The molecule has 36 heavy (non-hydrogen) atoms. The van der Waals surface area contributed by atoms with Crippen LogP contribution in [0.15, 0.2) is 71.1 Å². The van der Waals surface area contributed by atoms with E-state index in [-0.39, 0.29) is 18.0 Å². The van der Waals surface area contributed by atoms with Crippen molar-refractivity contribution in [1.82, 2.24) is 19.9 Å². The average molecular weight is 482 g/mol. The zero-order valence-corrected chi connectivity index (χ0v) is 19.3. The molecule has 1 amide bonds. The van der Waals surface area contributed by atoms with Crippen LogP contribution in [0.4, 0.5) is 0 Å². The van der Waals surface area contributed by atoms with E-state index in [1.807, 2.05) is 54.6 Å². The number of nitrogens with zero attached hydrogens (tertiary/aromatic N) is 3. The molecule has 0 radical (unpaired) electrons. The number of aliphatic hydroxyl groups is 1. The van der Waals surface area contributed by atoms with E-state index in [9.17, 15) is 14.7 Å². The molecule has 2 N–H and O–H groups in total. The maximum atomic E-state index is 13.0. The Morgan fingerprint density at radius 3 is 2.78 bits per heavy atom. The Kier molecular flexibility index (Phi) is 5.26. The highest BCUT2D eigenvalue weighted by molar-refractivity contribution is 5.94. The van der Waals surface area contributed by atoms with Crippen molar-refractivity contribution in [2.24, 2.45) is 0 Å². The minimum Gasteiger partial charge on any atom is -0.457 e. The molecule has 2 unspecified atom stereocenters. The predicted molar refractivity (Wildman–Crippen MR) is 129 cm³/mol. The van der Waals surface area contributed by atoms with Crippen molar-refractivity contribution in [1.29, 1.82) is 0 Å². The van der Waals surface area contributed by atoms with Crippen LogP contribution in [-0.4, -0.2) is 37.7 Å². The first-order valence-electron chi connectivity index (χ1n) is 11.5. The number of carbonyl (C=O) groups is 2. The molecule has 3 heterocycles. The molecular weight excluding hydrogens is 460 g/mol. The summed E-state index contributed by atoms with van der Waals surface area (Å²) in [4.78, 5) is 30.0. The summed E-state index contributed by atoms with van der Waals surface area (Å²) in [6.45, 7) is 1.73. The minimum absolute atomic E-state index is 0.0351. The van der Waals surface area contributed by atoms with Gasteiger partial charge in [-0.25, -0.2) is 14.3 Å². The summed E-state index contributed by atoms with van der Waals surface area (Å²) in [5, 5.41) is 18.6. The van der Waals surface area contributed by atoms with E-state index in [4.69, 9.17) is 9.15 Å². The van der Waals surface area contributed by atoms with Crippen molar-refractivity contribution >= 4 is 28.5 Å². The lowest BCUT2D eigenvalue weighted by molar-refractivity contribution is 0.0440. The standard InChI is InChI=1S/C27H22N4O5/c1-15-10-20(26(33)29-25-19-8-4-2-6-16(19)12-22(25)32)28-24-13-21(30-31(15)24)27(34)35-14-18-11-17-7-3-5-9-23(17)36-18/h2-11,13,22,25,32H,12,14H2,1H3,(H,29,33). The quantitative estimate of drug-likeness (QED) is 0.368. The number of nitrogens with one attached hydrogen (secondary N) is 1. The first-order valence-corrected chi connectivity index (χ1v) is 11.5. The number of hydrogen-bond donors (Lipinski definition) is 2. The number of hydrogen-bond acceptors (Lipinski definition) is 7. The SMILES string of the molecule is Cc1cc(C(=O)NC2c3ccccc3CC2O)nc2cc(C(=O)OCc3cc4ccccc4o3)nn12. The lowest BCUT2D eigenvalue weighted by atomic mass is 10.1. The Morgan fingerprint density at radius 1 is 1.11 bits per heavy atom. The van der Waals surface area contributed by atoms with Crippen molar-refractivity contribution in [3.8, 4) is 0 Å². The fraction of sp³-hybridized carbons (Fsp3) is 0.185. The van der Waals surface area contributed by atoms with Gasteiger partial charge in [-0.3, -0.25) is 4.79 Å². The van der Waals surface area contributed by atoms with E-state index in [2.05, 4.69) is 15.4 Å². The first kappa shape index (κ1) is 22.0. The largest absolute Gasteiger partial charge is 0.457 e. The third-order valence-corrected chi connectivity index (χ3v) is 6.36. The summed E-state index contributed by atoms with van der Waals surface area (Å²) >= 11 is 0. The van der Waals surface area contributed by atoms with Gasteiger partial charge in [0.2, 0.25) is 0 Å². The molecule has 0 saturated heterocycles. The number of rotatable bonds is 5. The van der Waals surface area contributed by atoms with Gasteiger partial charge in [-0.05, 0) is 36.2 Å². The van der Waals surface area contributed by atoms with Gasteiger partial charge in [0, 0.05) is 23.6 Å². The third-order valence-electron chi connectivity index (χ3n) is 6.36. The van der Waals surface area contributed by atoms with Crippen molar-refractivity contribution in [2.45, 2.75) is 32.1 Å². The van der Waals surface area contributed by atoms with Crippen LogP contribution in [0.25, 0.3) is 16.6 Å². The van der Waals surface area contributed by atoms with Crippen LogP contribution in [0.5, 0.6) is 0 Å². The van der Waals surface area contributed by atoms with Gasteiger partial charge in [0.15, 0.2) is 11.3 Å². The number of esters is 1. The van der Waals surface area contributed by atoms with Crippen LogP contribution < -0.4 is 5.32 Å². The summed E-state index contributed by atoms with van der Waals surface area (Å²) in [5.74, 6) is -0.522. The van der Waals surface area contributed by atoms with Gasteiger partial charge in [-0.15, -0.1) is 0 Å². The maximum Gasteiger partial charge on any atom is 0.359 e. The summed E-state index contributed by atoms with van der Waals surface area (Å²) < 4.78 is 12.5. The van der Waals surface area contributed by atoms with Gasteiger partial charge in [-0.1, -0.05) is 42.5 Å². The molecule has 0 aliphatic heterocycles. The topological polar surface area (TPSA) is 119 Å². The van der Waals surface area contributed by atoms with Gasteiger partial charge in [0.05, 0.1) is 12.1 Å². The van der Waals surface area contributed by atoms with Crippen LogP contribution in [0, 0.1) is 6.92 Å². The molecule has 2 aromatic carbocycles. The van der Waals surface area contributed by atoms with Crippen LogP contribution in [0.1, 0.15) is 49.6 Å². The normalized spacial score (nSPS) is 16.8. The van der Waals surface area contributed by atoms with Gasteiger partial charge in [0.25, 0.3) is 5.91 Å². The second-order valence-electron chi connectivity index (χ2n) is 8.83. The van der Waals surface area contributed by atoms with E-state index in [0.29, 0.717) is 23.5 Å². The number of fused-ring (bicyclic) bond motifs is 3. The Bertz CT molecular complexity index is 1600. The zero-order chi connectivity index (χ0) is 24.8. The second-order valence-corrected chi connectivity index (χ2v) is 8.83. The monoisotopic (exact) mass is 482 g/mol. The number of aromatic nitrogens is 3. The molecule has 9 nitrogen and oxygen atoms in total. The van der Waals surface area contributed by atoms with Crippen molar-refractivity contribution < 1.29 is 23.8 Å². The molecule has 3 aromatic heterocycles. The first-order chi connectivity index (χ1) is 17.5. The minimum atomic E-state index is -0.709. The maximum absolute atomic E-state index is 13.0. The van der Waals surface area contributed by atoms with Gasteiger partial charge < -0.3 is 19.6 Å². The van der Waals surface area contributed by atoms with E-state index in [1.165, 1.54) is 10.6 Å². The molecule has 0 saturated carbocycles. The highest BCUT2D eigenvalue weighted by Crippen LogP contribution is 2.31. The molecular formula is C27H22N4O5. The number of carbonyl (C=O) groups excluding carboxylic acids is 2. The van der Waals surface area contributed by atoms with Crippen LogP contribution in [0.3, 0.4) is 0 Å². The van der Waals surface area contributed by atoms with E-state index >= 15 is 0 Å². The smallest absolute Gasteiger partial charge is 0.359 e. The molecule has 6 rings (SSSR count). The number of para-hydroxylation sites is 1. The average Bonchev–Trinajstić information content (AvgIpc) is 3.58. The van der Waals surface area contributed by atoms with E-state index in [0.717, 1.165) is 22.1 Å². The fourth-order valence-corrected chi connectivity index (χ4v) is 4.62. The Morgan fingerprint density at radius 2 is 1.92 bits per heavy atom. The molecule has 0 bridgehead atoms. The second kappa shape index (κ2) is 8.62. The van der Waals surface area contributed by atoms with Crippen LogP contribution >= 0.6 is 0 Å². The van der Waals surface area contributed by atoms with E-state index in [1.54, 1.807) is 13.0 Å². The molecule has 9 heteroatoms. The number of ether oxygens (including phenoxy) is 1. The van der Waals surface area contributed by atoms with Crippen LogP contribution in [-0.2, 0) is 17.8 Å². The lowest BCUT2D eigenvalue weighted by Gasteiger charge is -2.18. The molecule has 1 aliphatic rings. The Hall–Kier alpha value is -4.50. The molecule has 0 spiro atoms. The predicted octanol–water partition coefficient (Wildman–Crippen LogP) is 3.53. The van der Waals surface area contributed by atoms with Gasteiger partial charge in [0.1, 0.15) is 23.6 Å². The highest BCUT2D eigenvalue weighted by atomic mass is 16.5. The third kappa shape index (κ3) is 3.89. The molecule has 2 atom stereocenters. The molecule has 0 fully saturated rings. The van der Waals surface area contributed by atoms with Crippen molar-refractivity contribution in [3.05, 3.63) is 101 Å². The Labute approximate surface area is 205 Å². The number of benzene rings is 2. The number of aryl methyl sites for hydroxylation is 1. The van der Waals surface area contributed by atoms with Gasteiger partial charge >= 0.3 is 5.97 Å². The Balaban J connectivity index is 1.19. The zero-order valence-electron chi connectivity index (χ0n) is 19.3. The lowest BCUT2D eigenvalue weighted by Crippen LogP contribution is -2.34. The summed E-state index contributed by atoms with van der Waals surface area (Å²) in [7, 11) is 0. The van der Waals surface area contributed by atoms with Gasteiger partial charge in [-0.2, -0.15) is 5.10 Å². The number of amides is 1. The molecule has 1 aliphatic carbocycles. The molecule has 5 aromatic rings. The number of furan rings is 1.